The monoisotopic (exact) mass is 432 g/mol. The lowest BCUT2D eigenvalue weighted by Gasteiger charge is -2.28. The molecule has 0 radical (unpaired) electrons. The molecular formula is C14H20BrF3N2O3S. The predicted octanol–water partition coefficient (Wildman–Crippen LogP) is 3.21. The third-order valence-corrected chi connectivity index (χ3v) is 4.84. The summed E-state index contributed by atoms with van der Waals surface area (Å²) < 4.78 is 68.8. The zero-order valence-electron chi connectivity index (χ0n) is 13.7. The Bertz CT molecular complexity index is 676. The van der Waals surface area contributed by atoms with Crippen LogP contribution < -0.4 is 9.46 Å². The Kier molecular flexibility index (Phi) is 6.70. The average molecular weight is 433 g/mol. The highest BCUT2D eigenvalue weighted by atomic mass is 79.9. The maximum Gasteiger partial charge on any atom is 0.573 e. The summed E-state index contributed by atoms with van der Waals surface area (Å²) in [4.78, 5) is 1.33. The van der Waals surface area contributed by atoms with Crippen LogP contribution in [0.2, 0.25) is 0 Å². The molecule has 5 nitrogen and oxygen atoms in total. The number of hydrogen-bond acceptors (Lipinski definition) is 4. The summed E-state index contributed by atoms with van der Waals surface area (Å²) in [6.45, 7) is 4.37. The van der Waals surface area contributed by atoms with Gasteiger partial charge in [-0.1, -0.05) is 29.8 Å². The van der Waals surface area contributed by atoms with Crippen molar-refractivity contribution >= 4 is 26.0 Å². The molecule has 1 rings (SSSR count). The van der Waals surface area contributed by atoms with E-state index in [1.54, 1.807) is 0 Å². The molecule has 1 N–H and O–H groups in total. The van der Waals surface area contributed by atoms with Crippen LogP contribution in [0.25, 0.3) is 0 Å². The van der Waals surface area contributed by atoms with Crippen LogP contribution in [0.1, 0.15) is 13.8 Å². The van der Waals surface area contributed by atoms with E-state index in [1.807, 2.05) is 32.8 Å². The van der Waals surface area contributed by atoms with Gasteiger partial charge in [-0.25, -0.2) is 13.1 Å². The summed E-state index contributed by atoms with van der Waals surface area (Å²) in [7, 11) is -0.468. The van der Waals surface area contributed by atoms with Gasteiger partial charge in [0.1, 0.15) is 4.90 Å². The van der Waals surface area contributed by atoms with Crippen LogP contribution in [0.15, 0.2) is 27.6 Å². The Morgan fingerprint density at radius 1 is 1.25 bits per heavy atom. The van der Waals surface area contributed by atoms with Crippen molar-refractivity contribution in [3.8, 4) is 5.75 Å². The average Bonchev–Trinajstić information content (AvgIpc) is 2.33. The van der Waals surface area contributed by atoms with E-state index in [2.05, 4.69) is 25.4 Å². The van der Waals surface area contributed by atoms with Gasteiger partial charge in [-0.15, -0.1) is 13.2 Å². The number of rotatable bonds is 7. The summed E-state index contributed by atoms with van der Waals surface area (Å²) in [5, 5.41) is 0. The van der Waals surface area contributed by atoms with Crippen LogP contribution >= 0.6 is 15.9 Å². The van der Waals surface area contributed by atoms with E-state index >= 15 is 0 Å². The minimum absolute atomic E-state index is 0.0645. The van der Waals surface area contributed by atoms with Crippen molar-refractivity contribution in [3.63, 3.8) is 0 Å². The fraction of sp³-hybridized carbons (Fsp3) is 0.571. The smallest absolute Gasteiger partial charge is 0.404 e. The van der Waals surface area contributed by atoms with Crippen molar-refractivity contribution in [2.24, 2.45) is 5.41 Å². The number of hydrogen-bond donors (Lipinski definition) is 1. The second-order valence-corrected chi connectivity index (χ2v) is 9.02. The topological polar surface area (TPSA) is 58.6 Å². The van der Waals surface area contributed by atoms with Crippen molar-refractivity contribution < 1.29 is 26.3 Å². The number of ether oxygens (including phenoxy) is 1. The molecule has 0 atom stereocenters. The molecule has 0 aromatic heterocycles. The Morgan fingerprint density at radius 3 is 2.33 bits per heavy atom. The van der Waals surface area contributed by atoms with E-state index < -0.39 is 32.4 Å². The van der Waals surface area contributed by atoms with Crippen molar-refractivity contribution in [1.29, 1.82) is 0 Å². The molecule has 0 saturated carbocycles. The van der Waals surface area contributed by atoms with Crippen LogP contribution in [0, 0.1) is 5.41 Å². The van der Waals surface area contributed by atoms with Gasteiger partial charge in [-0.05, 0) is 37.7 Å². The third kappa shape index (κ3) is 6.96. The maximum absolute atomic E-state index is 12.5. The number of nitrogens with one attached hydrogen (secondary N) is 1. The molecule has 138 valence electrons. The van der Waals surface area contributed by atoms with Crippen molar-refractivity contribution in [3.05, 3.63) is 22.7 Å². The number of nitrogens with zero attached hydrogens (tertiary/aromatic N) is 1. The van der Waals surface area contributed by atoms with Crippen molar-refractivity contribution in [2.45, 2.75) is 25.1 Å². The highest BCUT2D eigenvalue weighted by Crippen LogP contribution is 2.32. The van der Waals surface area contributed by atoms with E-state index in [9.17, 15) is 21.6 Å². The Hall–Kier alpha value is -0.840. The fourth-order valence-corrected chi connectivity index (χ4v) is 3.88. The zero-order valence-corrected chi connectivity index (χ0v) is 16.1. The molecule has 0 aliphatic carbocycles. The Morgan fingerprint density at radius 2 is 1.83 bits per heavy atom. The van der Waals surface area contributed by atoms with E-state index in [-0.39, 0.29) is 11.0 Å². The van der Waals surface area contributed by atoms with Gasteiger partial charge >= 0.3 is 6.36 Å². The van der Waals surface area contributed by atoms with E-state index in [0.717, 1.165) is 12.1 Å². The minimum Gasteiger partial charge on any atom is -0.404 e. The number of alkyl halides is 3. The Balaban J connectivity index is 3.06. The molecule has 0 amide bonds. The minimum atomic E-state index is -4.99. The number of benzene rings is 1. The standard InChI is InChI=1S/C14H20BrF3N2O3S/c1-13(2,9-20(3)4)8-19-24(21,22)12-6-5-10(15)7-11(12)23-14(16,17)18/h5-7,19H,8-9H2,1-4H3. The first-order chi connectivity index (χ1) is 10.7. The van der Waals surface area contributed by atoms with E-state index in [4.69, 9.17) is 0 Å². The predicted molar refractivity (Wildman–Crippen MR) is 88.3 cm³/mol. The summed E-state index contributed by atoms with van der Waals surface area (Å²) in [6.07, 6.45) is -4.99. The summed E-state index contributed by atoms with van der Waals surface area (Å²) in [6, 6.07) is 3.36. The molecule has 0 spiro atoms. The lowest BCUT2D eigenvalue weighted by Crippen LogP contribution is -2.40. The highest BCUT2D eigenvalue weighted by Gasteiger charge is 2.34. The number of sulfonamides is 1. The van der Waals surface area contributed by atoms with Crippen LogP contribution in [0.3, 0.4) is 0 Å². The molecule has 0 unspecified atom stereocenters. The first kappa shape index (κ1) is 21.2. The normalized spacial score (nSPS) is 13.4. The van der Waals surface area contributed by atoms with Crippen molar-refractivity contribution in [2.75, 3.05) is 27.2 Å². The quantitative estimate of drug-likeness (QED) is 0.718. The molecule has 0 heterocycles. The van der Waals surface area contributed by atoms with Crippen molar-refractivity contribution in [1.82, 2.24) is 9.62 Å². The Labute approximate surface area is 148 Å². The van der Waals surface area contributed by atoms with Gasteiger partial charge in [0.15, 0.2) is 5.75 Å². The molecular weight excluding hydrogens is 413 g/mol. The first-order valence-corrected chi connectivity index (χ1v) is 9.19. The van der Waals surface area contributed by atoms with Gasteiger partial charge in [0.25, 0.3) is 0 Å². The molecule has 10 heteroatoms. The van der Waals surface area contributed by atoms with Gasteiger partial charge in [-0.2, -0.15) is 0 Å². The first-order valence-electron chi connectivity index (χ1n) is 6.92. The summed E-state index contributed by atoms with van der Waals surface area (Å²) in [5.74, 6) is -0.783. The molecule has 0 aliphatic rings. The van der Waals surface area contributed by atoms with Gasteiger partial charge in [0.2, 0.25) is 10.0 Å². The second-order valence-electron chi connectivity index (χ2n) is 6.37. The maximum atomic E-state index is 12.5. The fourth-order valence-electron chi connectivity index (χ4n) is 2.19. The SMILES string of the molecule is CN(C)CC(C)(C)CNS(=O)(=O)c1ccc(Br)cc1OC(F)(F)F. The second kappa shape index (κ2) is 7.59. The third-order valence-electron chi connectivity index (χ3n) is 2.91. The number of halogens is 4. The van der Waals surface area contributed by atoms with Gasteiger partial charge < -0.3 is 9.64 Å². The van der Waals surface area contributed by atoms with Gasteiger partial charge in [-0.3, -0.25) is 0 Å². The molecule has 1 aromatic rings. The molecule has 0 saturated heterocycles. The lowest BCUT2D eigenvalue weighted by atomic mass is 9.93. The van der Waals surface area contributed by atoms with E-state index in [1.165, 1.54) is 6.07 Å². The summed E-state index contributed by atoms with van der Waals surface area (Å²) in [5.41, 5.74) is -0.406. The van der Waals surface area contributed by atoms with Crippen LogP contribution in [0.5, 0.6) is 5.75 Å². The van der Waals surface area contributed by atoms with E-state index in [0.29, 0.717) is 6.54 Å². The van der Waals surface area contributed by atoms with Crippen LogP contribution in [-0.2, 0) is 10.0 Å². The molecule has 24 heavy (non-hydrogen) atoms. The molecule has 0 aliphatic heterocycles. The highest BCUT2D eigenvalue weighted by molar-refractivity contribution is 9.10. The largest absolute Gasteiger partial charge is 0.573 e. The molecule has 0 bridgehead atoms. The lowest BCUT2D eigenvalue weighted by molar-refractivity contribution is -0.275. The van der Waals surface area contributed by atoms with Crippen LogP contribution in [0.4, 0.5) is 13.2 Å². The van der Waals surface area contributed by atoms with Gasteiger partial charge in [0, 0.05) is 17.6 Å². The van der Waals surface area contributed by atoms with Crippen LogP contribution in [-0.4, -0.2) is 46.9 Å². The molecule has 1 aromatic carbocycles. The molecule has 0 fully saturated rings. The zero-order chi connectivity index (χ0) is 18.8. The summed E-state index contributed by atoms with van der Waals surface area (Å²) >= 11 is 3.00. The van der Waals surface area contributed by atoms with Gasteiger partial charge in [0.05, 0.1) is 0 Å².